The van der Waals surface area contributed by atoms with Gasteiger partial charge in [0.15, 0.2) is 0 Å². The van der Waals surface area contributed by atoms with Gasteiger partial charge in [0, 0.05) is 51.9 Å². The van der Waals surface area contributed by atoms with Crippen LogP contribution in [0.3, 0.4) is 0 Å². The van der Waals surface area contributed by atoms with E-state index in [9.17, 15) is 19.2 Å². The largest absolute Gasteiger partial charge is 0.490 e. The summed E-state index contributed by atoms with van der Waals surface area (Å²) in [5, 5.41) is 12.5. The van der Waals surface area contributed by atoms with Gasteiger partial charge in [-0.05, 0) is 154 Å². The maximum Gasteiger partial charge on any atom is 0.404 e. The Kier molecular flexibility index (Phi) is 23.6. The molecule has 0 radical (unpaired) electrons. The average molecular weight is 1350 g/mol. The number of rotatable bonds is 40. The van der Waals surface area contributed by atoms with Crippen molar-refractivity contribution in [2.24, 2.45) is 20.0 Å². The van der Waals surface area contributed by atoms with Crippen molar-refractivity contribution in [3.05, 3.63) is 57.5 Å². The number of hydrogen-bond acceptors (Lipinski definition) is 16. The number of carbonyl (C=O) groups is 4. The number of aromatic nitrogens is 2. The lowest BCUT2D eigenvalue weighted by molar-refractivity contribution is -0.790. The van der Waals surface area contributed by atoms with Crippen LogP contribution in [0.15, 0.2) is 63.8 Å². The molecule has 4 amide bonds. The minimum absolute atomic E-state index is 0.0253. The second-order valence-electron chi connectivity index (χ2n) is 25.2. The summed E-state index contributed by atoms with van der Waals surface area (Å²) in [5.74, 6) is 7.11. The van der Waals surface area contributed by atoms with Crippen LogP contribution in [-0.4, -0.2) is 139 Å². The molecule has 6 aliphatic heterocycles. The third kappa shape index (κ3) is 14.5. The van der Waals surface area contributed by atoms with Crippen molar-refractivity contribution in [2.45, 2.75) is 236 Å². The molecule has 1 spiro atoms. The number of amidine groups is 4. The number of nitrogens with one attached hydrogen (secondary N) is 4. The van der Waals surface area contributed by atoms with E-state index in [2.05, 4.69) is 67.2 Å². The van der Waals surface area contributed by atoms with E-state index in [1.807, 2.05) is 79.7 Å². The molecule has 0 aliphatic carbocycles. The Hall–Kier alpha value is -6.24. The van der Waals surface area contributed by atoms with Gasteiger partial charge in [-0.3, -0.25) is 19.2 Å². The first kappa shape index (κ1) is 69.6. The summed E-state index contributed by atoms with van der Waals surface area (Å²) in [6, 6.07) is 7.94. The van der Waals surface area contributed by atoms with E-state index in [0.717, 1.165) is 93.2 Å². The van der Waals surface area contributed by atoms with E-state index in [1.54, 1.807) is 47.0 Å². The minimum atomic E-state index is -1.51. The van der Waals surface area contributed by atoms with E-state index in [1.165, 1.54) is 0 Å². The molecule has 8 heterocycles. The third-order valence-corrected chi connectivity index (χ3v) is 21.1. The van der Waals surface area contributed by atoms with Gasteiger partial charge in [0.25, 0.3) is 23.3 Å². The highest BCUT2D eigenvalue weighted by Gasteiger charge is 2.71. The number of unbranched alkanes of at least 4 members (excludes halogenated alkanes) is 4. The van der Waals surface area contributed by atoms with Crippen molar-refractivity contribution >= 4 is 106 Å². The molecule has 4 N–H and O–H groups in total. The zero-order chi connectivity index (χ0) is 66.1. The van der Waals surface area contributed by atoms with E-state index >= 15 is 0 Å². The molecular weight excluding hydrogens is 1250 g/mol. The van der Waals surface area contributed by atoms with Gasteiger partial charge in [0.05, 0.1) is 44.0 Å². The van der Waals surface area contributed by atoms with Crippen LogP contribution in [0.1, 0.15) is 208 Å². The van der Waals surface area contributed by atoms with Gasteiger partial charge in [0.2, 0.25) is 46.2 Å². The van der Waals surface area contributed by atoms with Crippen LogP contribution in [0.4, 0.5) is 11.6 Å². The van der Waals surface area contributed by atoms with Gasteiger partial charge in [-0.15, -0.1) is 56.2 Å². The summed E-state index contributed by atoms with van der Waals surface area (Å²) < 4.78 is 36.7. The Labute approximate surface area is 565 Å². The molecule has 24 heteroatoms. The first-order valence-corrected chi connectivity index (χ1v) is 38.1. The molecule has 2 aromatic heterocycles. The number of aliphatic imine (C=N–C) groups is 2. The Morgan fingerprint density at radius 1 is 0.419 bits per heavy atom. The van der Waals surface area contributed by atoms with Crippen molar-refractivity contribution in [1.82, 2.24) is 30.4 Å². The number of hydrogen-bond donors (Lipinski definition) is 4. The summed E-state index contributed by atoms with van der Waals surface area (Å²) in [6.45, 7) is 27.2. The van der Waals surface area contributed by atoms with Gasteiger partial charge in [0.1, 0.15) is 45.3 Å². The van der Waals surface area contributed by atoms with Crippen LogP contribution < -0.4 is 51.2 Å². The second-order valence-corrected chi connectivity index (χ2v) is 29.6. The smallest absolute Gasteiger partial charge is 0.404 e. The molecule has 0 atom stereocenters. The van der Waals surface area contributed by atoms with Crippen molar-refractivity contribution in [2.75, 3.05) is 49.2 Å². The summed E-state index contributed by atoms with van der Waals surface area (Å²) >= 11 is 6.68. The van der Waals surface area contributed by atoms with Crippen LogP contribution >= 0.6 is 47.0 Å². The first-order chi connectivity index (χ1) is 45.0. The summed E-state index contributed by atoms with van der Waals surface area (Å²) in [4.78, 5) is 80.9. The van der Waals surface area contributed by atoms with Crippen LogP contribution in [0.2, 0.25) is 0 Å². The van der Waals surface area contributed by atoms with Gasteiger partial charge in [-0.25, -0.2) is 0 Å². The topological polar surface area (TPSA) is 219 Å². The number of carbonyl (C=O) groups excluding carboxylic acids is 4. The van der Waals surface area contributed by atoms with Crippen molar-refractivity contribution in [3.63, 3.8) is 0 Å². The number of benzene rings is 2. The van der Waals surface area contributed by atoms with Crippen molar-refractivity contribution < 1.29 is 47.3 Å². The molecule has 93 heavy (non-hydrogen) atoms. The summed E-state index contributed by atoms with van der Waals surface area (Å²) in [6.07, 6.45) is 10.6. The Morgan fingerprint density at radius 3 is 1.00 bits per heavy atom. The lowest BCUT2D eigenvalue weighted by Crippen LogP contribution is -2.71. The standard InChI is InChI=1S/C69H94N12O8S4/c1-13-17-33-70-49(82)25-21-37-90-57-58(91-38-22-26-50(83)71-34-18-14-2)66-75-62-55-47(88-43(9)10)31-32-48(89-44(11)12)56(55)64-77-68-60(93-40-24-28-52(85)73-36-20-16-4)59(92-39-23-27-51(84)72-35-19-15-3)67-76-63-54-46(87-42(7)8)30-29-45(86-41(5)6)53(54)61-74-65(57)80(66)69(78(61)63,79(62)64)81(67)68/h29-32,41-44H,13-28,33-40H2,1-12H3,(H2-2,70,71,72,73,82,83,84,85)/p+2. The number of ether oxygens (including phenoxy) is 4. The van der Waals surface area contributed by atoms with Gasteiger partial charge < -0.3 is 40.2 Å². The van der Waals surface area contributed by atoms with E-state index < -0.39 is 5.91 Å². The number of amides is 4. The zero-order valence-electron chi connectivity index (χ0n) is 56.6. The fourth-order valence-corrected chi connectivity index (χ4v) is 16.8. The molecule has 6 aliphatic rings. The van der Waals surface area contributed by atoms with Gasteiger partial charge >= 0.3 is 5.91 Å². The van der Waals surface area contributed by atoms with E-state index in [4.69, 9.17) is 38.9 Å². The molecule has 20 nitrogen and oxygen atoms in total. The molecule has 502 valence electrons. The Bertz CT molecular complexity index is 3520. The highest BCUT2D eigenvalue weighted by molar-refractivity contribution is 8.02. The molecule has 0 fully saturated rings. The summed E-state index contributed by atoms with van der Waals surface area (Å²) in [7, 11) is 0. The van der Waals surface area contributed by atoms with Crippen molar-refractivity contribution in [1.29, 1.82) is 0 Å². The van der Waals surface area contributed by atoms with E-state index in [-0.39, 0.29) is 48.0 Å². The Morgan fingerprint density at radius 2 is 0.710 bits per heavy atom. The fraction of sp³-hybridized carbons (Fsp3) is 0.594. The molecule has 4 aromatic rings. The van der Waals surface area contributed by atoms with Crippen molar-refractivity contribution in [3.8, 4) is 23.0 Å². The molecule has 0 unspecified atom stereocenters. The fourth-order valence-electron chi connectivity index (χ4n) is 12.2. The van der Waals surface area contributed by atoms with Crippen LogP contribution in [0.5, 0.6) is 23.0 Å². The molecular formula is C69H96N12O8S4+2. The van der Waals surface area contributed by atoms with Crippen LogP contribution in [0, 0.1) is 0 Å². The second kappa shape index (κ2) is 31.5. The lowest BCUT2D eigenvalue weighted by atomic mass is 10.0. The maximum atomic E-state index is 13.4. The average Bonchev–Trinajstić information content (AvgIpc) is 1.48. The van der Waals surface area contributed by atoms with Gasteiger partial charge in [-0.1, -0.05) is 73.3 Å². The van der Waals surface area contributed by atoms with Crippen LogP contribution in [-0.2, 0) is 25.1 Å². The molecule has 0 bridgehead atoms. The molecule has 2 aromatic carbocycles. The number of thioether (sulfide) groups is 4. The predicted octanol–water partition coefficient (Wildman–Crippen LogP) is 11.7. The van der Waals surface area contributed by atoms with E-state index in [0.29, 0.717) is 170 Å². The highest BCUT2D eigenvalue weighted by atomic mass is 32.2. The quantitative estimate of drug-likeness (QED) is 0.0186. The monoisotopic (exact) mass is 1350 g/mol. The third-order valence-electron chi connectivity index (χ3n) is 16.2. The first-order valence-electron chi connectivity index (χ1n) is 34.1. The SMILES string of the molecule is CCCCNC(=O)CCCSc1c(SCCCC(=O)NCCCC)c2n3c1N=C1c4c(OC(C)C)ccc(OC(C)C)c4C4=[N+]1C31n3c(c(SCCCC(=O)NCCCC)c(SCCCC(=O)NCCCC)c3=NC3=[N+]1C(=N2)c1c(OC(C)C)ccc(OC(C)C)c13)=N4. The molecule has 0 saturated carbocycles. The summed E-state index contributed by atoms with van der Waals surface area (Å²) in [5.41, 5.74) is 4.22. The van der Waals surface area contributed by atoms with Crippen LogP contribution in [0.25, 0.3) is 0 Å². The maximum absolute atomic E-state index is 13.4. The zero-order valence-corrected chi connectivity index (χ0v) is 59.8. The predicted molar refractivity (Wildman–Crippen MR) is 373 cm³/mol. The molecule has 10 rings (SSSR count). The Balaban J connectivity index is 1.29. The lowest BCUT2D eigenvalue weighted by Gasteiger charge is -2.40. The normalized spacial score (nSPS) is 14.6. The number of nitrogens with zero attached hydrogens (tertiary/aromatic N) is 8. The molecule has 0 saturated heterocycles. The van der Waals surface area contributed by atoms with Gasteiger partial charge in [-0.2, -0.15) is 9.13 Å². The minimum Gasteiger partial charge on any atom is -0.490 e. The highest BCUT2D eigenvalue weighted by Crippen LogP contribution is 2.59. The number of fused-ring (bicyclic) bond motifs is 6.